The summed E-state index contributed by atoms with van der Waals surface area (Å²) in [5.74, 6) is 1.62. The summed E-state index contributed by atoms with van der Waals surface area (Å²) in [4.78, 5) is 17.9. The summed E-state index contributed by atoms with van der Waals surface area (Å²) in [7, 11) is 0. The van der Waals surface area contributed by atoms with Crippen molar-refractivity contribution in [1.82, 2.24) is 24.6 Å². The van der Waals surface area contributed by atoms with Crippen LogP contribution in [0.25, 0.3) is 15.9 Å². The van der Waals surface area contributed by atoms with Gasteiger partial charge in [-0.3, -0.25) is 9.36 Å². The highest BCUT2D eigenvalue weighted by atomic mass is 35.5. The number of hydrogen-bond donors (Lipinski definition) is 0. The topological polar surface area (TPSA) is 63.9 Å². The van der Waals surface area contributed by atoms with E-state index in [1.807, 2.05) is 53.1 Å². The van der Waals surface area contributed by atoms with Gasteiger partial charge in [0.15, 0.2) is 10.2 Å². The number of para-hydroxylation sites is 2. The third-order valence-corrected chi connectivity index (χ3v) is 8.03. The number of rotatable bonds is 5. The summed E-state index contributed by atoms with van der Waals surface area (Å²) in [6.07, 6.45) is 0.886. The highest BCUT2D eigenvalue weighted by Crippen LogP contribution is 2.41. The number of amides is 1. The van der Waals surface area contributed by atoms with E-state index in [2.05, 4.69) is 15.2 Å². The van der Waals surface area contributed by atoms with Crippen LogP contribution in [0.5, 0.6) is 0 Å². The normalized spacial score (nSPS) is 16.6. The molecular weight excluding hydrogens is 446 g/mol. The Kier molecular flexibility index (Phi) is 5.21. The van der Waals surface area contributed by atoms with Crippen molar-refractivity contribution in [2.75, 3.05) is 12.3 Å². The first kappa shape index (κ1) is 18.9. The van der Waals surface area contributed by atoms with Crippen LogP contribution >= 0.6 is 46.5 Å². The maximum atomic E-state index is 11.5. The summed E-state index contributed by atoms with van der Waals surface area (Å²) < 4.78 is 3.89. The number of thioether (sulfide) groups is 1. The van der Waals surface area contributed by atoms with E-state index in [1.165, 1.54) is 11.8 Å². The molecule has 4 aromatic rings. The lowest BCUT2D eigenvalue weighted by Gasteiger charge is -2.19. The van der Waals surface area contributed by atoms with Gasteiger partial charge in [0, 0.05) is 18.0 Å². The van der Waals surface area contributed by atoms with Crippen molar-refractivity contribution in [3.05, 3.63) is 59.4 Å². The molecule has 5 rings (SSSR count). The standard InChI is InChI=1S/C19H14ClN5OS3/c20-13-7-4-8-14-15(13)21-19(28-14)29-18-23-22-16(17-24(11-26)9-10-27-17)25(18)12-5-2-1-3-6-12/h1-8,11,17H,9-10H2. The first-order valence-corrected chi connectivity index (χ1v) is 11.9. The van der Waals surface area contributed by atoms with Gasteiger partial charge in [-0.25, -0.2) is 4.98 Å². The van der Waals surface area contributed by atoms with E-state index < -0.39 is 0 Å². The van der Waals surface area contributed by atoms with Crippen molar-refractivity contribution in [1.29, 1.82) is 0 Å². The number of carbonyl (C=O) groups excluding carboxylic acids is 1. The molecule has 3 heterocycles. The molecule has 1 unspecified atom stereocenters. The third-order valence-electron chi connectivity index (χ3n) is 4.48. The summed E-state index contributed by atoms with van der Waals surface area (Å²) in [6.45, 7) is 0.708. The Morgan fingerprint density at radius 3 is 2.79 bits per heavy atom. The van der Waals surface area contributed by atoms with Crippen molar-refractivity contribution < 1.29 is 4.79 Å². The number of fused-ring (bicyclic) bond motifs is 1. The average molecular weight is 460 g/mol. The SMILES string of the molecule is O=CN1CCSC1c1nnc(Sc2nc3c(Cl)cccc3s2)n1-c1ccccc1. The van der Waals surface area contributed by atoms with E-state index in [-0.39, 0.29) is 5.37 Å². The summed E-state index contributed by atoms with van der Waals surface area (Å²) in [5, 5.41) is 10.1. The molecule has 2 aromatic carbocycles. The van der Waals surface area contributed by atoms with Crippen LogP contribution in [0.15, 0.2) is 58.0 Å². The molecule has 1 atom stereocenters. The molecule has 0 N–H and O–H groups in total. The van der Waals surface area contributed by atoms with Crippen LogP contribution < -0.4 is 0 Å². The third kappa shape index (κ3) is 3.52. The maximum Gasteiger partial charge on any atom is 0.211 e. The van der Waals surface area contributed by atoms with Gasteiger partial charge in [-0.1, -0.05) is 35.9 Å². The zero-order valence-electron chi connectivity index (χ0n) is 14.9. The minimum atomic E-state index is -0.153. The second kappa shape index (κ2) is 7.98. The van der Waals surface area contributed by atoms with Gasteiger partial charge in [0.05, 0.1) is 9.72 Å². The van der Waals surface area contributed by atoms with Crippen molar-refractivity contribution in [3.8, 4) is 5.69 Å². The Hall–Kier alpha value is -2.07. The quantitative estimate of drug-likeness (QED) is 0.396. The fraction of sp³-hybridized carbons (Fsp3) is 0.158. The molecule has 2 aromatic heterocycles. The van der Waals surface area contributed by atoms with Gasteiger partial charge in [0.2, 0.25) is 11.6 Å². The predicted octanol–water partition coefficient (Wildman–Crippen LogP) is 4.89. The first-order valence-electron chi connectivity index (χ1n) is 8.81. The average Bonchev–Trinajstić information content (AvgIpc) is 3.46. The lowest BCUT2D eigenvalue weighted by atomic mass is 10.3. The van der Waals surface area contributed by atoms with Crippen LogP contribution in [-0.2, 0) is 4.79 Å². The molecule has 10 heteroatoms. The highest BCUT2D eigenvalue weighted by Gasteiger charge is 2.32. The van der Waals surface area contributed by atoms with Gasteiger partial charge in [0.1, 0.15) is 10.9 Å². The van der Waals surface area contributed by atoms with Crippen LogP contribution in [0.2, 0.25) is 5.02 Å². The maximum absolute atomic E-state index is 11.5. The fourth-order valence-electron chi connectivity index (χ4n) is 3.16. The predicted molar refractivity (Wildman–Crippen MR) is 118 cm³/mol. The van der Waals surface area contributed by atoms with Crippen molar-refractivity contribution in [2.45, 2.75) is 14.9 Å². The second-order valence-corrected chi connectivity index (χ2v) is 10.1. The number of hydrogen-bond acceptors (Lipinski definition) is 7. The molecule has 0 aliphatic carbocycles. The number of nitrogens with zero attached hydrogens (tertiary/aromatic N) is 5. The molecule has 0 spiro atoms. The fourth-order valence-corrected chi connectivity index (χ4v) is 6.67. The molecule has 29 heavy (non-hydrogen) atoms. The van der Waals surface area contributed by atoms with Crippen LogP contribution in [-0.4, -0.2) is 43.4 Å². The van der Waals surface area contributed by atoms with Gasteiger partial charge in [0.25, 0.3) is 0 Å². The van der Waals surface area contributed by atoms with E-state index >= 15 is 0 Å². The Bertz CT molecular complexity index is 1180. The van der Waals surface area contributed by atoms with Gasteiger partial charge >= 0.3 is 0 Å². The lowest BCUT2D eigenvalue weighted by molar-refractivity contribution is -0.118. The van der Waals surface area contributed by atoms with Gasteiger partial charge in [-0.05, 0) is 36.0 Å². The van der Waals surface area contributed by atoms with E-state index in [0.717, 1.165) is 38.2 Å². The molecule has 0 saturated carbocycles. The molecule has 6 nitrogen and oxygen atoms in total. The van der Waals surface area contributed by atoms with E-state index in [4.69, 9.17) is 11.6 Å². The molecular formula is C19H14ClN5OS3. The van der Waals surface area contributed by atoms with Gasteiger partial charge in [-0.2, -0.15) is 0 Å². The number of thiazole rings is 1. The Morgan fingerprint density at radius 2 is 2.00 bits per heavy atom. The zero-order chi connectivity index (χ0) is 19.8. The van der Waals surface area contributed by atoms with Crippen molar-refractivity contribution >= 4 is 63.1 Å². The van der Waals surface area contributed by atoms with E-state index in [1.54, 1.807) is 28.0 Å². The van der Waals surface area contributed by atoms with Crippen LogP contribution in [0, 0.1) is 0 Å². The minimum Gasteiger partial charge on any atom is -0.325 e. The molecule has 0 bridgehead atoms. The summed E-state index contributed by atoms with van der Waals surface area (Å²) >= 11 is 11.0. The van der Waals surface area contributed by atoms with Crippen molar-refractivity contribution in [3.63, 3.8) is 0 Å². The summed E-state index contributed by atoms with van der Waals surface area (Å²) in [5.41, 5.74) is 1.75. The molecule has 1 fully saturated rings. The smallest absolute Gasteiger partial charge is 0.211 e. The largest absolute Gasteiger partial charge is 0.325 e. The van der Waals surface area contributed by atoms with Crippen molar-refractivity contribution in [2.24, 2.45) is 0 Å². The molecule has 146 valence electrons. The number of aromatic nitrogens is 4. The highest BCUT2D eigenvalue weighted by molar-refractivity contribution is 8.01. The Morgan fingerprint density at radius 1 is 1.14 bits per heavy atom. The number of halogens is 1. The number of benzene rings is 2. The van der Waals surface area contributed by atoms with Crippen LogP contribution in [0.1, 0.15) is 11.2 Å². The van der Waals surface area contributed by atoms with Gasteiger partial charge < -0.3 is 4.90 Å². The van der Waals surface area contributed by atoms with Crippen LogP contribution in [0.3, 0.4) is 0 Å². The molecule has 1 amide bonds. The Labute approximate surface area is 184 Å². The first-order chi connectivity index (χ1) is 14.2. The molecule has 1 aliphatic rings. The monoisotopic (exact) mass is 459 g/mol. The molecule has 0 radical (unpaired) electrons. The second-order valence-electron chi connectivity index (χ2n) is 6.25. The Balaban J connectivity index is 1.59. The van der Waals surface area contributed by atoms with E-state index in [9.17, 15) is 4.79 Å². The number of carbonyl (C=O) groups is 1. The van der Waals surface area contributed by atoms with Gasteiger partial charge in [-0.15, -0.1) is 33.3 Å². The zero-order valence-corrected chi connectivity index (χ0v) is 18.1. The lowest BCUT2D eigenvalue weighted by Crippen LogP contribution is -2.23. The summed E-state index contributed by atoms with van der Waals surface area (Å²) in [6, 6.07) is 15.7. The molecule has 1 aliphatic heterocycles. The van der Waals surface area contributed by atoms with E-state index in [0.29, 0.717) is 16.7 Å². The molecule has 1 saturated heterocycles. The minimum absolute atomic E-state index is 0.153. The van der Waals surface area contributed by atoms with Crippen LogP contribution in [0.4, 0.5) is 0 Å².